The van der Waals surface area contributed by atoms with E-state index in [4.69, 9.17) is 14.0 Å². The molecule has 12 heteroatoms. The Bertz CT molecular complexity index is 1420. The van der Waals surface area contributed by atoms with E-state index in [1.165, 1.54) is 14.2 Å². The molecule has 1 amide bonds. The van der Waals surface area contributed by atoms with Gasteiger partial charge in [0.2, 0.25) is 29.4 Å². The predicted octanol–water partition coefficient (Wildman–Crippen LogP) is 2.24. The number of aryl methyl sites for hydroxylation is 2. The van der Waals surface area contributed by atoms with Gasteiger partial charge in [-0.05, 0) is 25.0 Å². The first-order chi connectivity index (χ1) is 17.5. The molecule has 0 spiro atoms. The van der Waals surface area contributed by atoms with Crippen molar-refractivity contribution < 1.29 is 18.8 Å². The van der Waals surface area contributed by atoms with Crippen LogP contribution in [-0.4, -0.2) is 58.5 Å². The maximum Gasteiger partial charge on any atom is 0.272 e. The second-order valence-electron chi connectivity index (χ2n) is 7.95. The number of pyridine rings is 1. The summed E-state index contributed by atoms with van der Waals surface area (Å²) in [6.45, 7) is 2.93. The number of aromatic nitrogens is 5. The van der Waals surface area contributed by atoms with Gasteiger partial charge in [-0.3, -0.25) is 9.59 Å². The monoisotopic (exact) mass is 493 g/mol. The summed E-state index contributed by atoms with van der Waals surface area (Å²) in [5.74, 6) is 1.91. The predicted molar refractivity (Wildman–Crippen MR) is 132 cm³/mol. The molecule has 0 fully saturated rings. The Morgan fingerprint density at radius 1 is 1.11 bits per heavy atom. The summed E-state index contributed by atoms with van der Waals surface area (Å²) < 4.78 is 15.8. The molecule has 12 nitrogen and oxygen atoms in total. The van der Waals surface area contributed by atoms with Crippen LogP contribution in [-0.2, 0) is 11.2 Å². The lowest BCUT2D eigenvalue weighted by Gasteiger charge is -2.09. The Kier molecular flexibility index (Phi) is 7.73. The van der Waals surface area contributed by atoms with Gasteiger partial charge in [0.05, 0.1) is 25.2 Å². The summed E-state index contributed by atoms with van der Waals surface area (Å²) in [5.41, 5.74) is 1.20. The summed E-state index contributed by atoms with van der Waals surface area (Å²) in [4.78, 5) is 32.8. The number of amides is 1. The van der Waals surface area contributed by atoms with Crippen molar-refractivity contribution in [1.29, 1.82) is 0 Å². The Balaban J connectivity index is 1.24. The lowest BCUT2D eigenvalue weighted by molar-refractivity contribution is -0.121. The molecule has 0 aliphatic heterocycles. The molecule has 3 aromatic heterocycles. The average molecular weight is 494 g/mol. The van der Waals surface area contributed by atoms with Crippen LogP contribution < -0.4 is 25.7 Å². The van der Waals surface area contributed by atoms with Crippen molar-refractivity contribution in [1.82, 2.24) is 30.6 Å². The fraction of sp³-hybridized carbons (Fsp3) is 0.333. The molecule has 3 heterocycles. The third-order valence-electron chi connectivity index (χ3n) is 5.48. The second-order valence-corrected chi connectivity index (χ2v) is 7.95. The molecule has 0 aliphatic carbocycles. The van der Waals surface area contributed by atoms with E-state index in [9.17, 15) is 9.59 Å². The fourth-order valence-corrected chi connectivity index (χ4v) is 3.68. The summed E-state index contributed by atoms with van der Waals surface area (Å²) in [6, 6.07) is 9.01. The summed E-state index contributed by atoms with van der Waals surface area (Å²) in [6.07, 6.45) is 1.18. The van der Waals surface area contributed by atoms with Gasteiger partial charge in [0.25, 0.3) is 5.56 Å². The van der Waals surface area contributed by atoms with Gasteiger partial charge in [0, 0.05) is 37.4 Å². The highest BCUT2D eigenvalue weighted by atomic mass is 16.5. The van der Waals surface area contributed by atoms with Crippen molar-refractivity contribution in [3.8, 4) is 23.1 Å². The van der Waals surface area contributed by atoms with Crippen molar-refractivity contribution >= 4 is 22.5 Å². The smallest absolute Gasteiger partial charge is 0.272 e. The largest absolute Gasteiger partial charge is 0.481 e. The van der Waals surface area contributed by atoms with E-state index >= 15 is 0 Å². The number of nitrogens with one attached hydrogen (secondary N) is 3. The number of H-pyrrole nitrogens is 1. The molecule has 0 radical (unpaired) electrons. The molecule has 0 unspecified atom stereocenters. The standard InChI is InChI=1S/C24H27N7O5/c1-14-13-19(34-2)28-24(35-3)20(14)22-27-18(36-31-22)10-9-17(32)25-11-6-12-26-21-15-7-4-5-8-16(15)23(33)30-29-21/h4-5,7-8,13H,6,9-12H2,1-3H3,(H,25,32)(H,26,29)(H,30,33). The first-order valence-electron chi connectivity index (χ1n) is 11.4. The van der Waals surface area contributed by atoms with Crippen LogP contribution in [0.3, 0.4) is 0 Å². The molecule has 4 rings (SSSR count). The van der Waals surface area contributed by atoms with Crippen molar-refractivity contribution in [2.75, 3.05) is 32.6 Å². The van der Waals surface area contributed by atoms with Gasteiger partial charge in [-0.25, -0.2) is 5.10 Å². The number of anilines is 1. The van der Waals surface area contributed by atoms with Crippen LogP contribution in [0.25, 0.3) is 22.2 Å². The highest BCUT2D eigenvalue weighted by molar-refractivity contribution is 5.90. The number of rotatable bonds is 11. The molecular formula is C24H27N7O5. The van der Waals surface area contributed by atoms with Gasteiger partial charge in [0.15, 0.2) is 5.82 Å². The van der Waals surface area contributed by atoms with Gasteiger partial charge in [0.1, 0.15) is 0 Å². The Hall–Kier alpha value is -4.48. The van der Waals surface area contributed by atoms with Gasteiger partial charge in [-0.15, -0.1) is 0 Å². The van der Waals surface area contributed by atoms with Crippen LogP contribution in [0.1, 0.15) is 24.3 Å². The van der Waals surface area contributed by atoms with E-state index in [1.807, 2.05) is 19.1 Å². The Morgan fingerprint density at radius 3 is 2.69 bits per heavy atom. The van der Waals surface area contributed by atoms with Crippen molar-refractivity contribution in [3.63, 3.8) is 0 Å². The normalized spacial score (nSPS) is 10.9. The molecular weight excluding hydrogens is 466 g/mol. The topological polar surface area (TPSA) is 157 Å². The van der Waals surface area contributed by atoms with Crippen molar-refractivity contribution in [2.45, 2.75) is 26.2 Å². The maximum atomic E-state index is 12.2. The molecule has 0 bridgehead atoms. The van der Waals surface area contributed by atoms with E-state index in [-0.39, 0.29) is 17.9 Å². The zero-order valence-corrected chi connectivity index (χ0v) is 20.3. The number of aromatic amines is 1. The van der Waals surface area contributed by atoms with Crippen LogP contribution in [0.4, 0.5) is 5.82 Å². The minimum Gasteiger partial charge on any atom is -0.481 e. The van der Waals surface area contributed by atoms with Crippen molar-refractivity contribution in [3.05, 3.63) is 52.1 Å². The molecule has 0 atom stereocenters. The van der Waals surface area contributed by atoms with Crippen LogP contribution in [0.15, 0.2) is 39.6 Å². The minimum absolute atomic E-state index is 0.123. The van der Waals surface area contributed by atoms with Crippen LogP contribution in [0.5, 0.6) is 11.8 Å². The molecule has 0 saturated carbocycles. The number of hydrogen-bond donors (Lipinski definition) is 3. The number of ether oxygens (including phenoxy) is 2. The molecule has 0 saturated heterocycles. The highest BCUT2D eigenvalue weighted by Crippen LogP contribution is 2.32. The number of benzene rings is 1. The van der Waals surface area contributed by atoms with E-state index in [0.29, 0.717) is 66.2 Å². The van der Waals surface area contributed by atoms with E-state index in [2.05, 4.69) is 36.0 Å². The van der Waals surface area contributed by atoms with Gasteiger partial charge in [-0.2, -0.15) is 15.1 Å². The second kappa shape index (κ2) is 11.3. The third-order valence-corrected chi connectivity index (χ3v) is 5.48. The molecule has 1 aromatic carbocycles. The number of hydrogen-bond acceptors (Lipinski definition) is 10. The first kappa shape index (κ1) is 24.6. The van der Waals surface area contributed by atoms with Crippen LogP contribution >= 0.6 is 0 Å². The number of fused-ring (bicyclic) bond motifs is 1. The summed E-state index contributed by atoms with van der Waals surface area (Å²) >= 11 is 0. The average Bonchev–Trinajstić information content (AvgIpc) is 3.36. The van der Waals surface area contributed by atoms with Crippen LogP contribution in [0.2, 0.25) is 0 Å². The number of carbonyl (C=O) groups excluding carboxylic acids is 1. The number of nitrogens with zero attached hydrogens (tertiary/aromatic N) is 4. The van der Waals surface area contributed by atoms with Gasteiger partial charge < -0.3 is 24.6 Å². The summed E-state index contributed by atoms with van der Waals surface area (Å²) in [7, 11) is 3.03. The molecule has 4 aromatic rings. The Labute approximate surface area is 206 Å². The lowest BCUT2D eigenvalue weighted by atomic mass is 10.1. The van der Waals surface area contributed by atoms with E-state index < -0.39 is 0 Å². The van der Waals surface area contributed by atoms with Gasteiger partial charge in [-0.1, -0.05) is 23.4 Å². The minimum atomic E-state index is -0.230. The number of methoxy groups -OCH3 is 2. The molecule has 0 aliphatic rings. The molecule has 188 valence electrons. The maximum absolute atomic E-state index is 12.2. The molecule has 3 N–H and O–H groups in total. The Morgan fingerprint density at radius 2 is 1.92 bits per heavy atom. The third kappa shape index (κ3) is 5.59. The zero-order valence-electron chi connectivity index (χ0n) is 20.3. The highest BCUT2D eigenvalue weighted by Gasteiger charge is 2.19. The first-order valence-corrected chi connectivity index (χ1v) is 11.4. The quantitative estimate of drug-likeness (QED) is 0.265. The van der Waals surface area contributed by atoms with Gasteiger partial charge >= 0.3 is 0 Å². The fourth-order valence-electron chi connectivity index (χ4n) is 3.68. The van der Waals surface area contributed by atoms with Crippen LogP contribution in [0, 0.1) is 6.92 Å². The summed E-state index contributed by atoms with van der Waals surface area (Å²) in [5, 5.41) is 18.0. The molecule has 36 heavy (non-hydrogen) atoms. The SMILES string of the molecule is COc1cc(C)c(-c2noc(CCC(=O)NCCCNc3n[nH]c(=O)c4ccccc34)n2)c(OC)n1. The van der Waals surface area contributed by atoms with Crippen molar-refractivity contribution in [2.24, 2.45) is 0 Å². The number of carbonyl (C=O) groups is 1. The zero-order chi connectivity index (χ0) is 25.5. The lowest BCUT2D eigenvalue weighted by Crippen LogP contribution is -2.26. The van der Waals surface area contributed by atoms with E-state index in [1.54, 1.807) is 18.2 Å². The van der Waals surface area contributed by atoms with E-state index in [0.717, 1.165) is 10.9 Å².